The van der Waals surface area contributed by atoms with Crippen molar-refractivity contribution in [3.05, 3.63) is 12.7 Å². The molecule has 0 radical (unpaired) electrons. The molecule has 1 fully saturated rings. The van der Waals surface area contributed by atoms with Gasteiger partial charge >= 0.3 is 0 Å². The van der Waals surface area contributed by atoms with Gasteiger partial charge in [-0.3, -0.25) is 0 Å². The van der Waals surface area contributed by atoms with Gasteiger partial charge in [-0.25, -0.2) is 0 Å². The smallest absolute Gasteiger partial charge is 0.104 e. The third-order valence-electron chi connectivity index (χ3n) is 2.15. The second kappa shape index (κ2) is 4.00. The van der Waals surface area contributed by atoms with Gasteiger partial charge in [-0.1, -0.05) is 6.08 Å². The molecule has 1 aliphatic rings. The van der Waals surface area contributed by atoms with Gasteiger partial charge in [0.2, 0.25) is 0 Å². The molecule has 12 heavy (non-hydrogen) atoms. The van der Waals surface area contributed by atoms with E-state index in [1.165, 1.54) is 6.08 Å². The Morgan fingerprint density at radius 1 is 1.50 bits per heavy atom. The first-order chi connectivity index (χ1) is 5.70. The maximum Gasteiger partial charge on any atom is 0.104 e. The van der Waals surface area contributed by atoms with E-state index in [1.807, 2.05) is 0 Å². The van der Waals surface area contributed by atoms with Gasteiger partial charge in [0.05, 0.1) is 25.4 Å². The van der Waals surface area contributed by atoms with Crippen LogP contribution in [-0.2, 0) is 4.74 Å². The fourth-order valence-corrected chi connectivity index (χ4v) is 1.37. The number of ether oxygens (including phenoxy) is 1. The van der Waals surface area contributed by atoms with Crippen molar-refractivity contribution in [1.29, 1.82) is 0 Å². The van der Waals surface area contributed by atoms with E-state index in [4.69, 9.17) is 9.84 Å². The first-order valence-corrected chi connectivity index (χ1v) is 3.92. The van der Waals surface area contributed by atoms with Crippen LogP contribution in [0.25, 0.3) is 0 Å². The Kier molecular flexibility index (Phi) is 3.22. The summed E-state index contributed by atoms with van der Waals surface area (Å²) in [5.74, 6) is -0.390. The average Bonchev–Trinajstić information content (AvgIpc) is 2.09. The predicted octanol–water partition coefficient (Wildman–Crippen LogP) is -1.10. The van der Waals surface area contributed by atoms with E-state index in [2.05, 4.69) is 6.58 Å². The van der Waals surface area contributed by atoms with Gasteiger partial charge in [-0.05, 0) is 0 Å². The molecule has 1 heterocycles. The van der Waals surface area contributed by atoms with Gasteiger partial charge in [-0.2, -0.15) is 0 Å². The Labute approximate surface area is 71.1 Å². The number of aliphatic hydroxyl groups is 3. The van der Waals surface area contributed by atoms with Gasteiger partial charge < -0.3 is 20.1 Å². The number of hydrogen-bond acceptors (Lipinski definition) is 4. The molecule has 3 N–H and O–H groups in total. The molecule has 4 heteroatoms. The van der Waals surface area contributed by atoms with E-state index >= 15 is 0 Å². The molecule has 1 saturated heterocycles. The van der Waals surface area contributed by atoms with Crippen LogP contribution < -0.4 is 0 Å². The summed E-state index contributed by atoms with van der Waals surface area (Å²) < 4.78 is 5.08. The molecule has 1 rings (SSSR count). The molecule has 0 unspecified atom stereocenters. The first-order valence-electron chi connectivity index (χ1n) is 3.92. The van der Waals surface area contributed by atoms with E-state index in [1.54, 1.807) is 0 Å². The van der Waals surface area contributed by atoms with Crippen molar-refractivity contribution < 1.29 is 20.1 Å². The molecule has 0 spiro atoms. The summed E-state index contributed by atoms with van der Waals surface area (Å²) in [6, 6.07) is 0. The van der Waals surface area contributed by atoms with Gasteiger partial charge in [0, 0.05) is 5.92 Å². The van der Waals surface area contributed by atoms with Crippen LogP contribution in [0.4, 0.5) is 0 Å². The molecule has 0 aromatic rings. The Morgan fingerprint density at radius 2 is 2.17 bits per heavy atom. The second-order valence-electron chi connectivity index (χ2n) is 2.93. The fraction of sp³-hybridized carbons (Fsp3) is 0.750. The largest absolute Gasteiger partial charge is 0.394 e. The van der Waals surface area contributed by atoms with Crippen LogP contribution in [0.5, 0.6) is 0 Å². The highest BCUT2D eigenvalue weighted by atomic mass is 16.5. The van der Waals surface area contributed by atoms with Crippen LogP contribution in [0.2, 0.25) is 0 Å². The zero-order valence-electron chi connectivity index (χ0n) is 6.76. The molecule has 0 aromatic heterocycles. The summed E-state index contributed by atoms with van der Waals surface area (Å²) in [6.07, 6.45) is -0.710. The molecule has 0 bridgehead atoms. The number of aliphatic hydroxyl groups excluding tert-OH is 3. The molecule has 0 saturated carbocycles. The minimum absolute atomic E-state index is 0.0662. The Hall–Kier alpha value is -0.420. The van der Waals surface area contributed by atoms with Gasteiger partial charge in [-0.15, -0.1) is 6.58 Å². The molecule has 4 atom stereocenters. The average molecular weight is 174 g/mol. The van der Waals surface area contributed by atoms with Crippen LogP contribution >= 0.6 is 0 Å². The molecule has 4 nitrogen and oxygen atoms in total. The zero-order chi connectivity index (χ0) is 9.14. The van der Waals surface area contributed by atoms with Crippen LogP contribution in [0.15, 0.2) is 12.7 Å². The topological polar surface area (TPSA) is 69.9 Å². The van der Waals surface area contributed by atoms with Crippen molar-refractivity contribution in [3.8, 4) is 0 Å². The third-order valence-corrected chi connectivity index (χ3v) is 2.15. The summed E-state index contributed by atoms with van der Waals surface area (Å²) in [4.78, 5) is 0. The lowest BCUT2D eigenvalue weighted by molar-refractivity contribution is -0.155. The normalized spacial score (nSPS) is 42.6. The van der Waals surface area contributed by atoms with E-state index in [9.17, 15) is 10.2 Å². The monoisotopic (exact) mass is 174 g/mol. The maximum atomic E-state index is 9.43. The lowest BCUT2D eigenvalue weighted by atomic mass is 9.90. The number of rotatable bonds is 2. The highest BCUT2D eigenvalue weighted by molar-refractivity contribution is 4.96. The summed E-state index contributed by atoms with van der Waals surface area (Å²) in [5, 5.41) is 27.4. The molecule has 0 amide bonds. The quantitative estimate of drug-likeness (QED) is 0.465. The van der Waals surface area contributed by atoms with Crippen molar-refractivity contribution >= 4 is 0 Å². The Balaban J connectivity index is 2.64. The van der Waals surface area contributed by atoms with E-state index in [0.29, 0.717) is 0 Å². The lowest BCUT2D eigenvalue weighted by Gasteiger charge is -2.35. The molecular formula is C8H14O4. The van der Waals surface area contributed by atoms with Crippen LogP contribution in [-0.4, -0.2) is 46.8 Å². The van der Waals surface area contributed by atoms with Crippen molar-refractivity contribution in [1.82, 2.24) is 0 Å². The minimum Gasteiger partial charge on any atom is -0.394 e. The summed E-state index contributed by atoms with van der Waals surface area (Å²) >= 11 is 0. The van der Waals surface area contributed by atoms with Crippen LogP contribution in [0.1, 0.15) is 0 Å². The standard InChI is InChI=1S/C8H14O4/c1-2-5-7(3-9)12-4-6(10)8(5)11/h2,5-11H,1,3-4H2/t5-,6-,7-,8+/m1/s1. The second-order valence-corrected chi connectivity index (χ2v) is 2.93. The molecule has 1 aliphatic heterocycles. The first kappa shape index (κ1) is 9.67. The molecule has 0 aliphatic carbocycles. The van der Waals surface area contributed by atoms with E-state index in [-0.39, 0.29) is 13.2 Å². The van der Waals surface area contributed by atoms with Crippen molar-refractivity contribution in [2.75, 3.05) is 13.2 Å². The predicted molar refractivity (Wildman–Crippen MR) is 42.5 cm³/mol. The van der Waals surface area contributed by atoms with Crippen molar-refractivity contribution in [3.63, 3.8) is 0 Å². The third kappa shape index (κ3) is 1.67. The van der Waals surface area contributed by atoms with Gasteiger partial charge in [0.15, 0.2) is 0 Å². The highest BCUT2D eigenvalue weighted by Crippen LogP contribution is 2.22. The van der Waals surface area contributed by atoms with E-state index < -0.39 is 24.2 Å². The highest BCUT2D eigenvalue weighted by Gasteiger charge is 2.36. The summed E-state index contributed by atoms with van der Waals surface area (Å²) in [6.45, 7) is 3.41. The SMILES string of the molecule is C=C[C@H]1[C@H](O)[C@H](O)CO[C@@H]1CO. The molecule has 0 aromatic carbocycles. The summed E-state index contributed by atoms with van der Waals surface area (Å²) in [5.41, 5.74) is 0. The minimum atomic E-state index is -0.881. The summed E-state index contributed by atoms with van der Waals surface area (Å²) in [7, 11) is 0. The van der Waals surface area contributed by atoms with E-state index in [0.717, 1.165) is 0 Å². The Bertz CT molecular complexity index is 157. The van der Waals surface area contributed by atoms with Crippen LogP contribution in [0.3, 0.4) is 0 Å². The zero-order valence-corrected chi connectivity index (χ0v) is 6.76. The van der Waals surface area contributed by atoms with Crippen molar-refractivity contribution in [2.45, 2.75) is 18.3 Å². The van der Waals surface area contributed by atoms with Crippen LogP contribution in [0, 0.1) is 5.92 Å². The van der Waals surface area contributed by atoms with Gasteiger partial charge in [0.1, 0.15) is 6.10 Å². The van der Waals surface area contributed by atoms with Gasteiger partial charge in [0.25, 0.3) is 0 Å². The fourth-order valence-electron chi connectivity index (χ4n) is 1.37. The number of hydrogen-bond donors (Lipinski definition) is 3. The molecular weight excluding hydrogens is 160 g/mol. The lowest BCUT2D eigenvalue weighted by Crippen LogP contribution is -2.49. The maximum absolute atomic E-state index is 9.43. The molecule has 70 valence electrons. The van der Waals surface area contributed by atoms with Crippen molar-refractivity contribution in [2.24, 2.45) is 5.92 Å². The Morgan fingerprint density at radius 3 is 2.67 bits per heavy atom.